The van der Waals surface area contributed by atoms with Gasteiger partial charge in [-0.3, -0.25) is 14.7 Å². The van der Waals surface area contributed by atoms with Crippen molar-refractivity contribution in [2.75, 3.05) is 27.2 Å². The van der Waals surface area contributed by atoms with Gasteiger partial charge in [0.15, 0.2) is 5.82 Å². The van der Waals surface area contributed by atoms with E-state index in [0.29, 0.717) is 36.7 Å². The van der Waals surface area contributed by atoms with Crippen LogP contribution in [0.5, 0.6) is 0 Å². The molecular weight excluding hydrogens is 332 g/mol. The number of benzene rings is 1. The molecule has 2 N–H and O–H groups in total. The van der Waals surface area contributed by atoms with Gasteiger partial charge in [0, 0.05) is 18.2 Å². The molecule has 0 bridgehead atoms. The number of likely N-dealkylation sites (tertiary alicyclic amines) is 1. The Morgan fingerprint density at radius 3 is 2.65 bits per heavy atom. The number of amides is 2. The Balaban J connectivity index is 1.75. The number of aromatic nitrogens is 3. The Hall–Kier alpha value is -2.74. The molecule has 8 heteroatoms. The number of aryl methyl sites for hydroxylation is 1. The van der Waals surface area contributed by atoms with Crippen molar-refractivity contribution in [3.63, 3.8) is 0 Å². The largest absolute Gasteiger partial charge is 0.347 e. The van der Waals surface area contributed by atoms with Crippen LogP contribution in [0.2, 0.25) is 0 Å². The first-order valence-corrected chi connectivity index (χ1v) is 8.63. The first-order valence-electron chi connectivity index (χ1n) is 8.63. The number of hydrogen-bond donors (Lipinski definition) is 2. The molecule has 1 fully saturated rings. The van der Waals surface area contributed by atoms with Crippen molar-refractivity contribution < 1.29 is 9.59 Å². The third-order valence-corrected chi connectivity index (χ3v) is 4.36. The summed E-state index contributed by atoms with van der Waals surface area (Å²) in [4.78, 5) is 33.1. The molecule has 2 amide bonds. The number of likely N-dealkylation sites (N-methyl/N-ethyl adjacent to an activating group) is 1. The van der Waals surface area contributed by atoms with Crippen LogP contribution in [0, 0.1) is 6.92 Å². The van der Waals surface area contributed by atoms with Crippen LogP contribution in [0.1, 0.15) is 34.5 Å². The first-order chi connectivity index (χ1) is 12.4. The molecule has 26 heavy (non-hydrogen) atoms. The molecule has 1 aromatic carbocycles. The molecule has 0 radical (unpaired) electrons. The van der Waals surface area contributed by atoms with Crippen molar-refractivity contribution in [1.29, 1.82) is 0 Å². The summed E-state index contributed by atoms with van der Waals surface area (Å²) in [5.41, 5.74) is 0.607. The summed E-state index contributed by atoms with van der Waals surface area (Å²) in [6, 6.07) is 8.69. The van der Waals surface area contributed by atoms with Gasteiger partial charge in [0.25, 0.3) is 5.91 Å². The zero-order valence-electron chi connectivity index (χ0n) is 15.3. The molecule has 0 unspecified atom stereocenters. The van der Waals surface area contributed by atoms with Gasteiger partial charge in [-0.1, -0.05) is 18.2 Å². The molecule has 2 atom stereocenters. The summed E-state index contributed by atoms with van der Waals surface area (Å²) in [7, 11) is 3.71. The Labute approximate surface area is 152 Å². The second kappa shape index (κ2) is 7.65. The Kier molecular flexibility index (Phi) is 5.32. The number of H-pyrrole nitrogens is 1. The lowest BCUT2D eigenvalue weighted by atomic mass is 10.1. The maximum absolute atomic E-state index is 12.7. The fourth-order valence-electron chi connectivity index (χ4n) is 3.19. The summed E-state index contributed by atoms with van der Waals surface area (Å²) in [5.74, 6) is 1.16. The second-order valence-electron chi connectivity index (χ2n) is 6.85. The van der Waals surface area contributed by atoms with E-state index in [0.717, 1.165) is 0 Å². The van der Waals surface area contributed by atoms with Crippen LogP contribution >= 0.6 is 0 Å². The normalized spacial score (nSPS) is 19.8. The van der Waals surface area contributed by atoms with Crippen LogP contribution < -0.4 is 5.32 Å². The quantitative estimate of drug-likeness (QED) is 0.824. The van der Waals surface area contributed by atoms with Crippen LogP contribution in [-0.2, 0) is 4.79 Å². The van der Waals surface area contributed by atoms with Crippen LogP contribution in [0.25, 0.3) is 0 Å². The monoisotopic (exact) mass is 356 g/mol. The molecule has 2 heterocycles. The van der Waals surface area contributed by atoms with E-state index >= 15 is 0 Å². The fourth-order valence-corrected chi connectivity index (χ4v) is 3.19. The topological polar surface area (TPSA) is 94.2 Å². The molecule has 1 aliphatic heterocycles. The molecule has 138 valence electrons. The van der Waals surface area contributed by atoms with E-state index in [1.165, 1.54) is 0 Å². The number of aromatic amines is 1. The zero-order valence-corrected chi connectivity index (χ0v) is 15.3. The number of rotatable bonds is 5. The van der Waals surface area contributed by atoms with E-state index in [-0.39, 0.29) is 23.9 Å². The highest BCUT2D eigenvalue weighted by molar-refractivity contribution is 5.94. The predicted octanol–water partition coefficient (Wildman–Crippen LogP) is 0.747. The maximum atomic E-state index is 12.7. The Morgan fingerprint density at radius 2 is 2.04 bits per heavy atom. The molecular formula is C18H24N6O2. The molecule has 2 aromatic rings. The highest BCUT2D eigenvalue weighted by atomic mass is 16.2. The zero-order chi connectivity index (χ0) is 18.7. The van der Waals surface area contributed by atoms with Crippen molar-refractivity contribution in [3.05, 3.63) is 47.5 Å². The minimum atomic E-state index is -0.242. The van der Waals surface area contributed by atoms with Gasteiger partial charge in [0.05, 0.1) is 12.6 Å². The number of carbonyl (C=O) groups excluding carboxylic acids is 2. The van der Waals surface area contributed by atoms with Gasteiger partial charge in [0.2, 0.25) is 5.91 Å². The second-order valence-corrected chi connectivity index (χ2v) is 6.85. The lowest BCUT2D eigenvalue weighted by Crippen LogP contribution is -2.41. The minimum absolute atomic E-state index is 0.00101. The summed E-state index contributed by atoms with van der Waals surface area (Å²) >= 11 is 0. The lowest BCUT2D eigenvalue weighted by Gasteiger charge is -2.24. The molecule has 0 aliphatic carbocycles. The highest BCUT2D eigenvalue weighted by Gasteiger charge is 2.39. The third-order valence-electron chi connectivity index (χ3n) is 4.36. The number of nitrogens with one attached hydrogen (secondary N) is 2. The van der Waals surface area contributed by atoms with Crippen LogP contribution in [-0.4, -0.2) is 70.0 Å². The summed E-state index contributed by atoms with van der Waals surface area (Å²) in [5, 5.41) is 10.1. The van der Waals surface area contributed by atoms with Crippen molar-refractivity contribution >= 4 is 11.8 Å². The summed E-state index contributed by atoms with van der Waals surface area (Å²) < 4.78 is 0. The van der Waals surface area contributed by atoms with Gasteiger partial charge in [-0.15, -0.1) is 0 Å². The lowest BCUT2D eigenvalue weighted by molar-refractivity contribution is -0.133. The van der Waals surface area contributed by atoms with E-state index < -0.39 is 0 Å². The minimum Gasteiger partial charge on any atom is -0.347 e. The third kappa shape index (κ3) is 4.08. The standard InChI is InChI=1S/C18H24N6O2/c1-12-19-17(22-21-12)15-9-14(10-24(15)16(25)11-23(2)3)20-18(26)13-7-5-4-6-8-13/h4-8,14-15H,9-11H2,1-3H3,(H,20,26)(H,19,21,22)/t14-,15-/m0/s1. The smallest absolute Gasteiger partial charge is 0.251 e. The van der Waals surface area contributed by atoms with E-state index in [4.69, 9.17) is 0 Å². The molecule has 0 saturated carbocycles. The fraction of sp³-hybridized carbons (Fsp3) is 0.444. The molecule has 8 nitrogen and oxygen atoms in total. The predicted molar refractivity (Wildman–Crippen MR) is 96.4 cm³/mol. The molecule has 3 rings (SSSR count). The molecule has 0 spiro atoms. The average molecular weight is 356 g/mol. The SMILES string of the molecule is Cc1nc([C@@H]2C[C@H](NC(=O)c3ccccc3)CN2C(=O)CN(C)C)n[nH]1. The van der Waals surface area contributed by atoms with E-state index in [9.17, 15) is 9.59 Å². The maximum Gasteiger partial charge on any atom is 0.251 e. The summed E-state index contributed by atoms with van der Waals surface area (Å²) in [6.07, 6.45) is 0.592. The van der Waals surface area contributed by atoms with Crippen LogP contribution in [0.15, 0.2) is 30.3 Å². The highest BCUT2D eigenvalue weighted by Crippen LogP contribution is 2.30. The molecule has 1 saturated heterocycles. The van der Waals surface area contributed by atoms with E-state index in [1.54, 1.807) is 17.0 Å². The first kappa shape index (κ1) is 18.1. The van der Waals surface area contributed by atoms with Crippen LogP contribution in [0.4, 0.5) is 0 Å². The van der Waals surface area contributed by atoms with E-state index in [2.05, 4.69) is 20.5 Å². The van der Waals surface area contributed by atoms with Gasteiger partial charge < -0.3 is 15.1 Å². The van der Waals surface area contributed by atoms with Crippen molar-refractivity contribution in [1.82, 2.24) is 30.3 Å². The number of nitrogens with zero attached hydrogens (tertiary/aromatic N) is 4. The number of carbonyl (C=O) groups is 2. The molecule has 1 aromatic heterocycles. The Bertz CT molecular complexity index is 773. The van der Waals surface area contributed by atoms with Gasteiger partial charge in [-0.2, -0.15) is 5.10 Å². The summed E-state index contributed by atoms with van der Waals surface area (Å²) in [6.45, 7) is 2.58. The van der Waals surface area contributed by atoms with Gasteiger partial charge in [-0.05, 0) is 39.6 Å². The van der Waals surface area contributed by atoms with Gasteiger partial charge in [-0.25, -0.2) is 4.98 Å². The van der Waals surface area contributed by atoms with Crippen molar-refractivity contribution in [3.8, 4) is 0 Å². The van der Waals surface area contributed by atoms with Crippen molar-refractivity contribution in [2.45, 2.75) is 25.4 Å². The Morgan fingerprint density at radius 1 is 1.31 bits per heavy atom. The number of hydrogen-bond acceptors (Lipinski definition) is 5. The van der Waals surface area contributed by atoms with Gasteiger partial charge in [0.1, 0.15) is 5.82 Å². The van der Waals surface area contributed by atoms with E-state index in [1.807, 2.05) is 44.1 Å². The average Bonchev–Trinajstić information content (AvgIpc) is 3.21. The van der Waals surface area contributed by atoms with Crippen LogP contribution in [0.3, 0.4) is 0 Å². The van der Waals surface area contributed by atoms with Crippen molar-refractivity contribution in [2.24, 2.45) is 0 Å². The van der Waals surface area contributed by atoms with Gasteiger partial charge >= 0.3 is 0 Å². The molecule has 1 aliphatic rings.